The summed E-state index contributed by atoms with van der Waals surface area (Å²) < 4.78 is 27.7. The van der Waals surface area contributed by atoms with Crippen LogP contribution in [0, 0.1) is 68.5 Å². The van der Waals surface area contributed by atoms with E-state index in [0.717, 1.165) is 31.3 Å². The Balaban J connectivity index is 0.000000227. The maximum Gasteiger partial charge on any atom is 1.00 e. The summed E-state index contributed by atoms with van der Waals surface area (Å²) in [6, 6.07) is 0. The van der Waals surface area contributed by atoms with Crippen LogP contribution >= 0.6 is 0 Å². The van der Waals surface area contributed by atoms with Crippen molar-refractivity contribution in [1.29, 1.82) is 0 Å². The van der Waals surface area contributed by atoms with Crippen molar-refractivity contribution in [3.05, 3.63) is 46.6 Å². The molecule has 0 aliphatic heterocycles. The summed E-state index contributed by atoms with van der Waals surface area (Å²) in [7, 11) is 0. The normalized spacial score (nSPS) is 46.5. The zero-order valence-corrected chi connectivity index (χ0v) is 45.3. The van der Waals surface area contributed by atoms with Gasteiger partial charge in [0.1, 0.15) is 11.7 Å². The Morgan fingerprint density at radius 2 is 1.52 bits per heavy atom. The number of carboxylic acid groups (broad SMARTS) is 1. The SMILES string of the molecule is CC(=O)OCC(=O)[C@@]1(O)[C@H](C)C[C@H]2[C@@H]3CCC4=CC(=O)C=C[C@]4(C)[C@@]3(F)[C@@H](O)C[C@@]21C.CC(=O)O[C@H]1C[C@@]2(C)[C@@H](C[C@@H](O)[C@H]3[C@@]4(C)CC[C@@H](O)[C@@H](C)[C@@H]4CC[C@@]32C)/C1=C(\CCC=C(C)C)C(=O)[O-].[Na+]. The summed E-state index contributed by atoms with van der Waals surface area (Å²) in [5.41, 5.74) is -4.01. The van der Waals surface area contributed by atoms with Crippen LogP contribution in [-0.2, 0) is 33.4 Å². The Labute approximate surface area is 430 Å². The molecule has 8 aliphatic rings. The van der Waals surface area contributed by atoms with Crippen LogP contribution in [0.4, 0.5) is 4.39 Å². The number of aliphatic carboxylic acids is 1. The van der Waals surface area contributed by atoms with Gasteiger partial charge in [0, 0.05) is 30.6 Å². The molecular formula is C55H78FNaO12. The molecule has 0 heterocycles. The summed E-state index contributed by atoms with van der Waals surface area (Å²) in [6.07, 6.45) is 10.2. The molecular weight excluding hydrogens is 895 g/mol. The first-order valence-corrected chi connectivity index (χ1v) is 25.3. The molecule has 69 heavy (non-hydrogen) atoms. The third-order valence-electron chi connectivity index (χ3n) is 20.6. The Hall–Kier alpha value is -2.52. The van der Waals surface area contributed by atoms with Gasteiger partial charge >= 0.3 is 41.5 Å². The number of carbonyl (C=O) groups is 5. The zero-order valence-electron chi connectivity index (χ0n) is 43.3. The van der Waals surface area contributed by atoms with E-state index in [1.165, 1.54) is 26.0 Å². The standard InChI is InChI=1S/C31H48O6.C24H31FO6.Na/c1-17(2)9-8-10-20(28(35)36)26-22-15-24(34)27-29(5)13-12-23(33)18(3)21(29)11-14-30(27,6)31(22,7)16-25(26)37-19(4)32;1-13-9-18-17-6-5-15-10-16(27)7-8-21(15,3)23(17,25)19(28)11-22(18,4)24(13,30)20(29)12-31-14(2)26;/h9,18,21-25,27,33-34H,8,10-16H2,1-7H3,(H,35,36);7-8,10,13,17-19,28,30H,5-6,9,11-12H2,1-4H3;/q;;+1/p-1/b26-20-;;/t18-,21-,22-,23+,24+,25-,27-,29-,30-,31-;13-,17+,18+,19+,21+,22+,23+,24+;/m01./s1. The predicted octanol–water partition coefficient (Wildman–Crippen LogP) is 3.80. The van der Waals surface area contributed by atoms with E-state index in [1.54, 1.807) is 26.8 Å². The van der Waals surface area contributed by atoms with Gasteiger partial charge in [-0.2, -0.15) is 0 Å². The summed E-state index contributed by atoms with van der Waals surface area (Å²) in [5.74, 6) is -4.06. The molecule has 7 fully saturated rings. The molecule has 12 nitrogen and oxygen atoms in total. The number of hydrogen-bond donors (Lipinski definition) is 4. The van der Waals surface area contributed by atoms with Gasteiger partial charge in [0.05, 0.1) is 24.3 Å². The van der Waals surface area contributed by atoms with Gasteiger partial charge in [-0.05, 0) is 173 Å². The Kier molecular flexibility index (Phi) is 15.7. The number of rotatable bonds is 8. The van der Waals surface area contributed by atoms with Crippen molar-refractivity contribution in [1.82, 2.24) is 0 Å². The first kappa shape index (κ1) is 55.8. The van der Waals surface area contributed by atoms with E-state index in [9.17, 15) is 49.5 Å². The molecule has 18 atom stereocenters. The molecule has 0 aromatic rings. The van der Waals surface area contributed by atoms with Gasteiger partial charge in [-0.1, -0.05) is 64.8 Å². The number of ketones is 2. The van der Waals surface area contributed by atoms with Crippen molar-refractivity contribution >= 4 is 29.5 Å². The largest absolute Gasteiger partial charge is 1.00 e. The number of esters is 2. The van der Waals surface area contributed by atoms with Gasteiger partial charge in [-0.25, -0.2) is 4.39 Å². The Bertz CT molecular complexity index is 2220. The van der Waals surface area contributed by atoms with E-state index < -0.39 is 82.5 Å². The summed E-state index contributed by atoms with van der Waals surface area (Å²) in [5, 5.41) is 57.9. The molecule has 0 amide bonds. The molecule has 4 N–H and O–H groups in total. The van der Waals surface area contributed by atoms with Crippen LogP contribution in [0.1, 0.15) is 153 Å². The van der Waals surface area contributed by atoms with Crippen molar-refractivity contribution < 1.29 is 92.9 Å². The molecule has 8 aliphatic carbocycles. The first-order valence-electron chi connectivity index (χ1n) is 25.3. The second-order valence-corrected chi connectivity index (χ2v) is 24.0. The van der Waals surface area contributed by atoms with Gasteiger partial charge in [-0.3, -0.25) is 19.2 Å². The van der Waals surface area contributed by atoms with Crippen molar-refractivity contribution in [2.75, 3.05) is 6.61 Å². The number of halogens is 1. The van der Waals surface area contributed by atoms with Crippen LogP contribution in [0.25, 0.3) is 0 Å². The van der Waals surface area contributed by atoms with Gasteiger partial charge in [0.15, 0.2) is 18.1 Å². The Morgan fingerprint density at radius 1 is 0.855 bits per heavy atom. The van der Waals surface area contributed by atoms with Gasteiger partial charge in [0.25, 0.3) is 0 Å². The average molecular weight is 973 g/mol. The van der Waals surface area contributed by atoms with Gasteiger partial charge in [0.2, 0.25) is 5.78 Å². The van der Waals surface area contributed by atoms with E-state index in [0.29, 0.717) is 62.0 Å². The van der Waals surface area contributed by atoms with Crippen molar-refractivity contribution in [2.45, 2.75) is 189 Å². The number of alkyl halides is 1. The van der Waals surface area contributed by atoms with Crippen molar-refractivity contribution in [2.24, 2.45) is 68.5 Å². The first-order chi connectivity index (χ1) is 31.5. The monoisotopic (exact) mass is 973 g/mol. The van der Waals surface area contributed by atoms with Crippen LogP contribution in [0.15, 0.2) is 46.6 Å². The maximum absolute atomic E-state index is 17.0. The van der Waals surface area contributed by atoms with E-state index in [1.807, 2.05) is 19.9 Å². The second-order valence-electron chi connectivity index (χ2n) is 24.0. The number of carboxylic acids is 1. The number of Topliss-reactive ketones (excluding diaryl/α,β-unsaturated/α-hetero) is 1. The minimum Gasteiger partial charge on any atom is -0.545 e. The number of allylic oxidation sites excluding steroid dienone is 6. The molecule has 0 spiro atoms. The minimum atomic E-state index is -2.01. The molecule has 7 saturated carbocycles. The number of aliphatic hydroxyl groups excluding tert-OH is 3. The number of fused-ring (bicyclic) bond motifs is 10. The van der Waals surface area contributed by atoms with Crippen LogP contribution < -0.4 is 34.7 Å². The maximum atomic E-state index is 17.0. The average Bonchev–Trinajstić information content (AvgIpc) is 3.63. The smallest absolute Gasteiger partial charge is 0.545 e. The number of hydrogen-bond acceptors (Lipinski definition) is 12. The molecule has 0 aromatic carbocycles. The third-order valence-corrected chi connectivity index (χ3v) is 20.6. The van der Waals surface area contributed by atoms with Crippen LogP contribution in [0.3, 0.4) is 0 Å². The summed E-state index contributed by atoms with van der Waals surface area (Å²) in [4.78, 5) is 60.9. The molecule has 8 rings (SSSR count). The fourth-order valence-corrected chi connectivity index (χ4v) is 17.2. The second kappa shape index (κ2) is 19.4. The third kappa shape index (κ3) is 8.47. The van der Waals surface area contributed by atoms with Gasteiger partial charge < -0.3 is 39.8 Å². The van der Waals surface area contributed by atoms with Crippen molar-refractivity contribution in [3.8, 4) is 0 Å². The summed E-state index contributed by atoms with van der Waals surface area (Å²) >= 11 is 0. The predicted molar refractivity (Wildman–Crippen MR) is 249 cm³/mol. The molecule has 0 unspecified atom stereocenters. The molecule has 0 radical (unpaired) electrons. The fraction of sp³-hybridized carbons (Fsp3) is 0.764. The zero-order chi connectivity index (χ0) is 50.5. The molecule has 0 saturated heterocycles. The van der Waals surface area contributed by atoms with E-state index in [2.05, 4.69) is 27.7 Å². The fourth-order valence-electron chi connectivity index (χ4n) is 17.2. The van der Waals surface area contributed by atoms with Crippen LogP contribution in [-0.4, -0.2) is 92.2 Å². The molecule has 0 bridgehead atoms. The summed E-state index contributed by atoms with van der Waals surface area (Å²) in [6.45, 7) is 20.3. The topological polar surface area (TPSA) is 208 Å². The molecule has 0 aromatic heterocycles. The number of ether oxygens (including phenoxy) is 2. The molecule has 378 valence electrons. The van der Waals surface area contributed by atoms with Crippen LogP contribution in [0.5, 0.6) is 0 Å². The van der Waals surface area contributed by atoms with Gasteiger partial charge in [-0.15, -0.1) is 0 Å². The van der Waals surface area contributed by atoms with Crippen LogP contribution in [0.2, 0.25) is 0 Å². The Morgan fingerprint density at radius 3 is 2.13 bits per heavy atom. The quantitative estimate of drug-likeness (QED) is 0.119. The van der Waals surface area contributed by atoms with E-state index in [-0.39, 0.29) is 93.4 Å². The van der Waals surface area contributed by atoms with Crippen molar-refractivity contribution in [3.63, 3.8) is 0 Å². The number of carbonyl (C=O) groups excluding carboxylic acids is 5. The minimum absolute atomic E-state index is 0. The molecule has 14 heteroatoms. The number of aliphatic hydroxyl groups is 4. The van der Waals surface area contributed by atoms with E-state index >= 15 is 4.39 Å². The van der Waals surface area contributed by atoms with E-state index in [4.69, 9.17) is 9.47 Å².